The molecule has 0 amide bonds. The number of carbonyl (C=O) groups is 1. The minimum Gasteiger partial charge on any atom is -0.489 e. The number of fused-ring (bicyclic) bond motifs is 1. The third-order valence-electron chi connectivity index (χ3n) is 6.45. The highest BCUT2D eigenvalue weighted by Gasteiger charge is 2.42. The van der Waals surface area contributed by atoms with Crippen LogP contribution in [0.2, 0.25) is 0 Å². The van der Waals surface area contributed by atoms with E-state index in [-0.39, 0.29) is 11.2 Å². The summed E-state index contributed by atoms with van der Waals surface area (Å²) in [7, 11) is -3.18. The summed E-state index contributed by atoms with van der Waals surface area (Å²) in [6, 6.07) is 13.4. The van der Waals surface area contributed by atoms with E-state index in [9.17, 15) is 19.0 Å². The van der Waals surface area contributed by atoms with Gasteiger partial charge in [0.25, 0.3) is 0 Å². The Bertz CT molecular complexity index is 987. The van der Waals surface area contributed by atoms with Crippen LogP contribution in [-0.4, -0.2) is 56.6 Å². The molecule has 7 nitrogen and oxygen atoms in total. The van der Waals surface area contributed by atoms with E-state index in [0.29, 0.717) is 22.9 Å². The van der Waals surface area contributed by atoms with E-state index in [1.165, 1.54) is 11.8 Å². The molecule has 1 aliphatic rings. The predicted molar refractivity (Wildman–Crippen MR) is 139 cm³/mol. The topological polar surface area (TPSA) is 110 Å². The van der Waals surface area contributed by atoms with Gasteiger partial charge in [-0.1, -0.05) is 44.9 Å². The Morgan fingerprint density at radius 2 is 1.94 bits per heavy atom. The molecule has 34 heavy (non-hydrogen) atoms. The first-order valence-corrected chi connectivity index (χ1v) is 14.4. The van der Waals surface area contributed by atoms with Crippen molar-refractivity contribution in [2.24, 2.45) is 5.41 Å². The van der Waals surface area contributed by atoms with Gasteiger partial charge in [-0.3, -0.25) is 9.11 Å². The van der Waals surface area contributed by atoms with Crippen LogP contribution in [0.4, 0.5) is 11.4 Å². The molecule has 0 bridgehead atoms. The number of hydrogen-bond acceptors (Lipinski definition) is 7. The maximum absolute atomic E-state index is 11.5. The van der Waals surface area contributed by atoms with Gasteiger partial charge < -0.3 is 19.8 Å². The summed E-state index contributed by atoms with van der Waals surface area (Å²) in [5, 5.41) is 18.7. The molecule has 0 radical (unpaired) electrons. The molecule has 0 saturated heterocycles. The lowest BCUT2D eigenvalue weighted by atomic mass is 9.81. The standard InChI is InChI=1S/C25H35NO6S2/c1-4-6-12-25(5-2)16-26(18-10-8-7-9-11-18)19-13-22(33-3)21(32-15-20(27)24(28)29)14-23(19)34(30,31)17-25/h7-11,13-14,20,27,30-31H,4-6,12,15-17H2,1-3H3,(H,28,29)/t20-,25+/m1/s1. The molecular formula is C25H35NO6S2. The van der Waals surface area contributed by atoms with Gasteiger partial charge in [0, 0.05) is 29.5 Å². The zero-order valence-electron chi connectivity index (χ0n) is 19.9. The molecule has 2 aromatic rings. The molecule has 0 saturated carbocycles. The molecular weight excluding hydrogens is 474 g/mol. The van der Waals surface area contributed by atoms with Crippen molar-refractivity contribution < 1.29 is 28.8 Å². The summed E-state index contributed by atoms with van der Waals surface area (Å²) in [6.45, 7) is 4.47. The summed E-state index contributed by atoms with van der Waals surface area (Å²) in [4.78, 5) is 14.3. The Hall–Kier alpha value is -1.91. The number of aliphatic carboxylic acids is 1. The van der Waals surface area contributed by atoms with Gasteiger partial charge in [-0.25, -0.2) is 4.79 Å². The molecule has 1 aliphatic heterocycles. The molecule has 2 aromatic carbocycles. The number of anilines is 2. The molecule has 188 valence electrons. The second-order valence-corrected chi connectivity index (χ2v) is 11.7. The van der Waals surface area contributed by atoms with Crippen molar-refractivity contribution in [3.8, 4) is 5.75 Å². The van der Waals surface area contributed by atoms with Crippen molar-refractivity contribution in [1.29, 1.82) is 0 Å². The number of nitrogens with zero attached hydrogens (tertiary/aromatic N) is 1. The number of unbranched alkanes of at least 4 members (excludes halogenated alkanes) is 1. The Morgan fingerprint density at radius 1 is 1.24 bits per heavy atom. The van der Waals surface area contributed by atoms with Crippen molar-refractivity contribution in [1.82, 2.24) is 0 Å². The average Bonchev–Trinajstić information content (AvgIpc) is 2.93. The molecule has 2 atom stereocenters. The molecule has 0 fully saturated rings. The van der Waals surface area contributed by atoms with E-state index < -0.39 is 29.3 Å². The van der Waals surface area contributed by atoms with Gasteiger partial charge in [0.15, 0.2) is 6.10 Å². The van der Waals surface area contributed by atoms with Crippen LogP contribution in [0, 0.1) is 5.41 Å². The molecule has 0 spiro atoms. The Balaban J connectivity index is 2.16. The molecule has 0 aromatic heterocycles. The van der Waals surface area contributed by atoms with E-state index >= 15 is 0 Å². The van der Waals surface area contributed by atoms with Gasteiger partial charge in [0.1, 0.15) is 12.4 Å². The quantitative estimate of drug-likeness (QED) is 0.285. The van der Waals surface area contributed by atoms with Crippen molar-refractivity contribution in [3.63, 3.8) is 0 Å². The summed E-state index contributed by atoms with van der Waals surface area (Å²) >= 11 is 1.42. The molecule has 3 rings (SSSR count). The number of carboxylic acids is 1. The second-order valence-electron chi connectivity index (χ2n) is 8.83. The van der Waals surface area contributed by atoms with Gasteiger partial charge in [-0.2, -0.15) is 10.6 Å². The number of carboxylic acid groups (broad SMARTS) is 1. The maximum Gasteiger partial charge on any atom is 0.336 e. The number of para-hydroxylation sites is 1. The monoisotopic (exact) mass is 509 g/mol. The minimum absolute atomic E-state index is 0.253. The normalized spacial score (nSPS) is 21.3. The van der Waals surface area contributed by atoms with E-state index in [2.05, 4.69) is 18.7 Å². The van der Waals surface area contributed by atoms with Gasteiger partial charge in [0.05, 0.1) is 15.5 Å². The van der Waals surface area contributed by atoms with Gasteiger partial charge in [-0.15, -0.1) is 11.8 Å². The molecule has 0 unspecified atom stereocenters. The van der Waals surface area contributed by atoms with Crippen molar-refractivity contribution in [2.45, 2.75) is 55.4 Å². The number of thioether (sulfide) groups is 1. The van der Waals surface area contributed by atoms with E-state index in [0.717, 1.165) is 36.3 Å². The fourth-order valence-electron chi connectivity index (χ4n) is 4.42. The highest BCUT2D eigenvalue weighted by Crippen LogP contribution is 2.62. The van der Waals surface area contributed by atoms with Gasteiger partial charge in [0.2, 0.25) is 0 Å². The van der Waals surface area contributed by atoms with Crippen LogP contribution in [0.3, 0.4) is 0 Å². The summed E-state index contributed by atoms with van der Waals surface area (Å²) in [5.74, 6) is -0.788. The molecule has 9 heteroatoms. The first-order chi connectivity index (χ1) is 16.2. The van der Waals surface area contributed by atoms with Gasteiger partial charge >= 0.3 is 5.97 Å². The zero-order valence-corrected chi connectivity index (χ0v) is 21.6. The smallest absolute Gasteiger partial charge is 0.336 e. The van der Waals surface area contributed by atoms with E-state index in [4.69, 9.17) is 9.84 Å². The number of hydrogen-bond donors (Lipinski definition) is 4. The van der Waals surface area contributed by atoms with Crippen LogP contribution in [0.15, 0.2) is 52.3 Å². The largest absolute Gasteiger partial charge is 0.489 e. The first-order valence-electron chi connectivity index (χ1n) is 11.5. The van der Waals surface area contributed by atoms with Crippen molar-refractivity contribution >= 4 is 39.7 Å². The van der Waals surface area contributed by atoms with Crippen LogP contribution >= 0.6 is 22.4 Å². The Morgan fingerprint density at radius 3 is 2.53 bits per heavy atom. The number of aliphatic hydroxyl groups is 1. The van der Waals surface area contributed by atoms with E-state index in [1.54, 1.807) is 6.07 Å². The number of rotatable bonds is 10. The fraction of sp³-hybridized carbons (Fsp3) is 0.480. The van der Waals surface area contributed by atoms with E-state index in [1.807, 2.05) is 42.7 Å². The lowest BCUT2D eigenvalue weighted by molar-refractivity contribution is -0.148. The Labute approximate surface area is 207 Å². The first kappa shape index (κ1) is 26.7. The van der Waals surface area contributed by atoms with Gasteiger partial charge in [-0.05, 0) is 37.3 Å². The van der Waals surface area contributed by atoms with Crippen LogP contribution in [0.25, 0.3) is 0 Å². The number of ether oxygens (including phenoxy) is 1. The molecule has 4 N–H and O–H groups in total. The zero-order chi connectivity index (χ0) is 24.9. The maximum atomic E-state index is 11.5. The third kappa shape index (κ3) is 5.83. The van der Waals surface area contributed by atoms with Crippen molar-refractivity contribution in [2.75, 3.05) is 30.1 Å². The summed E-state index contributed by atoms with van der Waals surface area (Å²) in [6.07, 6.45) is 3.93. The lowest BCUT2D eigenvalue weighted by Crippen LogP contribution is -2.37. The SMILES string of the molecule is CCCC[C@@]1(CC)CN(c2ccccc2)c2cc(SC)c(OC[C@@H](O)C(=O)O)cc2S(O)(O)C1. The second kappa shape index (κ2) is 11.2. The van der Waals surface area contributed by atoms with Crippen LogP contribution in [0.1, 0.15) is 39.5 Å². The third-order valence-corrected chi connectivity index (χ3v) is 9.25. The average molecular weight is 510 g/mol. The minimum atomic E-state index is -3.18. The number of aliphatic hydroxyl groups excluding tert-OH is 1. The molecule has 1 heterocycles. The molecule has 0 aliphatic carbocycles. The lowest BCUT2D eigenvalue weighted by Gasteiger charge is -2.41. The van der Waals surface area contributed by atoms with Crippen LogP contribution in [-0.2, 0) is 4.79 Å². The number of benzene rings is 2. The Kier molecular flexibility index (Phi) is 8.81. The van der Waals surface area contributed by atoms with Crippen molar-refractivity contribution in [3.05, 3.63) is 42.5 Å². The van der Waals surface area contributed by atoms with Crippen LogP contribution in [0.5, 0.6) is 5.75 Å². The van der Waals surface area contributed by atoms with Crippen LogP contribution < -0.4 is 9.64 Å². The highest BCUT2D eigenvalue weighted by atomic mass is 32.3. The summed E-state index contributed by atoms with van der Waals surface area (Å²) < 4.78 is 28.7. The highest BCUT2D eigenvalue weighted by molar-refractivity contribution is 8.24. The predicted octanol–water partition coefficient (Wildman–Crippen LogP) is 6.08. The fourth-order valence-corrected chi connectivity index (χ4v) is 7.22. The summed E-state index contributed by atoms with van der Waals surface area (Å²) in [5.41, 5.74) is 1.40.